The largest absolute Gasteiger partial charge is 0.412 e. The summed E-state index contributed by atoms with van der Waals surface area (Å²) in [6, 6.07) is 0. The summed E-state index contributed by atoms with van der Waals surface area (Å²) in [4.78, 5) is 19.3. The predicted molar refractivity (Wildman–Crippen MR) is 21.3 cm³/mol. The number of carbonyl (C=O) groups excluding carboxylic acids is 2. The maximum Gasteiger partial charge on any atom is 0.412 e. The molecule has 2 N–H and O–H groups in total. The van der Waals surface area contributed by atoms with E-state index >= 15 is 0 Å². The molecule has 0 aliphatic carbocycles. The Bertz CT molecular complexity index is 90.7. The molecular formula is C3H5MnNO3. The van der Waals surface area contributed by atoms with Crippen molar-refractivity contribution < 1.29 is 31.4 Å². The zero-order valence-electron chi connectivity index (χ0n) is 4.18. The van der Waals surface area contributed by atoms with Gasteiger partial charge in [-0.25, -0.2) is 4.79 Å². The minimum absolute atomic E-state index is 0. The van der Waals surface area contributed by atoms with E-state index in [4.69, 9.17) is 0 Å². The van der Waals surface area contributed by atoms with Gasteiger partial charge in [-0.2, -0.15) is 0 Å². The third-order valence-corrected chi connectivity index (χ3v) is 0.244. The summed E-state index contributed by atoms with van der Waals surface area (Å²) in [5, 5.41) is 0. The molecule has 0 aromatic heterocycles. The minimum atomic E-state index is -1.06. The van der Waals surface area contributed by atoms with Crippen molar-refractivity contribution in [2.75, 3.05) is 0 Å². The zero-order valence-corrected chi connectivity index (χ0v) is 5.36. The van der Waals surface area contributed by atoms with Crippen molar-refractivity contribution in [1.82, 2.24) is 0 Å². The van der Waals surface area contributed by atoms with Gasteiger partial charge < -0.3 is 10.5 Å². The first kappa shape index (κ1) is 10.4. The molecule has 0 atom stereocenters. The molecule has 8 heavy (non-hydrogen) atoms. The Morgan fingerprint density at radius 2 is 1.88 bits per heavy atom. The average Bonchev–Trinajstić information content (AvgIpc) is 1.27. The Balaban J connectivity index is 0. The molecule has 0 aromatic carbocycles. The van der Waals surface area contributed by atoms with E-state index in [0.717, 1.165) is 6.92 Å². The summed E-state index contributed by atoms with van der Waals surface area (Å²) >= 11 is 0. The SMILES string of the molecule is CC(=O)OC(N)=O.[Mn]. The fourth-order valence-corrected chi connectivity index (χ4v) is 0.142. The number of hydrogen-bond acceptors (Lipinski definition) is 3. The van der Waals surface area contributed by atoms with Crippen LogP contribution < -0.4 is 5.73 Å². The van der Waals surface area contributed by atoms with Crippen LogP contribution >= 0.6 is 0 Å². The summed E-state index contributed by atoms with van der Waals surface area (Å²) in [6.45, 7) is 1.10. The standard InChI is InChI=1S/C3H5NO3.Mn/c1-2(5)7-3(4)6;/h1H3,(H2,4,6);. The Kier molecular flexibility index (Phi) is 6.02. The Morgan fingerprint density at radius 1 is 1.50 bits per heavy atom. The van der Waals surface area contributed by atoms with Gasteiger partial charge in [0.2, 0.25) is 0 Å². The summed E-state index contributed by atoms with van der Waals surface area (Å²) in [6.07, 6.45) is -1.06. The minimum Gasteiger partial charge on any atom is -0.377 e. The third-order valence-electron chi connectivity index (χ3n) is 0.244. The summed E-state index contributed by atoms with van der Waals surface area (Å²) < 4.78 is 3.75. The molecule has 0 unspecified atom stereocenters. The summed E-state index contributed by atoms with van der Waals surface area (Å²) in [5.74, 6) is -0.687. The van der Waals surface area contributed by atoms with Gasteiger partial charge in [0.1, 0.15) is 0 Å². The normalized spacial score (nSPS) is 6.62. The maximum absolute atomic E-state index is 9.73. The molecule has 1 radical (unpaired) electrons. The number of rotatable bonds is 0. The van der Waals surface area contributed by atoms with E-state index in [0.29, 0.717) is 0 Å². The Hall–Kier alpha value is -0.541. The van der Waals surface area contributed by atoms with Crippen LogP contribution in [0.5, 0.6) is 0 Å². The van der Waals surface area contributed by atoms with E-state index in [1.54, 1.807) is 0 Å². The first-order valence-corrected chi connectivity index (χ1v) is 1.61. The number of carbonyl (C=O) groups is 2. The fourth-order valence-electron chi connectivity index (χ4n) is 0.142. The van der Waals surface area contributed by atoms with Gasteiger partial charge in [-0.3, -0.25) is 4.79 Å². The van der Waals surface area contributed by atoms with Gasteiger partial charge in [-0.05, 0) is 0 Å². The molecule has 47 valence electrons. The average molecular weight is 158 g/mol. The van der Waals surface area contributed by atoms with Crippen LogP contribution in [-0.4, -0.2) is 12.1 Å². The second-order valence-corrected chi connectivity index (χ2v) is 0.913. The van der Waals surface area contributed by atoms with Gasteiger partial charge in [0.05, 0.1) is 0 Å². The van der Waals surface area contributed by atoms with Crippen molar-refractivity contribution in [1.29, 1.82) is 0 Å². The topological polar surface area (TPSA) is 69.4 Å². The second kappa shape index (κ2) is 4.61. The van der Waals surface area contributed by atoms with Crippen molar-refractivity contribution in [2.24, 2.45) is 5.73 Å². The monoisotopic (exact) mass is 158 g/mol. The molecule has 0 aliphatic heterocycles. The van der Waals surface area contributed by atoms with Crippen LogP contribution in [0.3, 0.4) is 0 Å². The van der Waals surface area contributed by atoms with Crippen LogP contribution in [0, 0.1) is 0 Å². The van der Waals surface area contributed by atoms with Gasteiger partial charge in [0.15, 0.2) is 0 Å². The van der Waals surface area contributed by atoms with Crippen molar-refractivity contribution in [3.63, 3.8) is 0 Å². The van der Waals surface area contributed by atoms with Gasteiger partial charge in [-0.1, -0.05) is 0 Å². The smallest absolute Gasteiger partial charge is 0.377 e. The van der Waals surface area contributed by atoms with E-state index in [-0.39, 0.29) is 17.1 Å². The quantitative estimate of drug-likeness (QED) is 0.297. The first-order chi connectivity index (χ1) is 3.13. The van der Waals surface area contributed by atoms with Crippen LogP contribution in [-0.2, 0) is 26.6 Å². The van der Waals surface area contributed by atoms with Crippen molar-refractivity contribution in [2.45, 2.75) is 6.92 Å². The molecule has 0 spiro atoms. The molecule has 5 heteroatoms. The predicted octanol–water partition coefficient (Wildman–Crippen LogP) is -0.374. The summed E-state index contributed by atoms with van der Waals surface area (Å²) in [5.41, 5.74) is 4.41. The van der Waals surface area contributed by atoms with E-state index < -0.39 is 12.1 Å². The van der Waals surface area contributed by atoms with Gasteiger partial charge >= 0.3 is 12.1 Å². The van der Waals surface area contributed by atoms with Crippen LogP contribution in [0.2, 0.25) is 0 Å². The molecule has 0 rings (SSSR count). The molecule has 0 saturated heterocycles. The van der Waals surface area contributed by atoms with Gasteiger partial charge in [0, 0.05) is 24.0 Å². The molecule has 0 saturated carbocycles. The first-order valence-electron chi connectivity index (χ1n) is 1.61. The molecule has 0 aromatic rings. The number of esters is 1. The van der Waals surface area contributed by atoms with Crippen molar-refractivity contribution in [3.8, 4) is 0 Å². The van der Waals surface area contributed by atoms with Crippen LogP contribution in [0.4, 0.5) is 4.79 Å². The van der Waals surface area contributed by atoms with E-state index in [1.807, 2.05) is 0 Å². The number of amides is 1. The van der Waals surface area contributed by atoms with E-state index in [9.17, 15) is 9.59 Å². The van der Waals surface area contributed by atoms with Crippen molar-refractivity contribution >= 4 is 12.1 Å². The third kappa shape index (κ3) is 9.07. The maximum atomic E-state index is 9.73. The zero-order chi connectivity index (χ0) is 5.86. The summed E-state index contributed by atoms with van der Waals surface area (Å²) in [7, 11) is 0. The molecule has 0 bridgehead atoms. The number of nitrogens with two attached hydrogens (primary N) is 1. The molecular weight excluding hydrogens is 153 g/mol. The Morgan fingerprint density at radius 3 is 1.88 bits per heavy atom. The number of ether oxygens (including phenoxy) is 1. The number of hydrogen-bond donors (Lipinski definition) is 1. The second-order valence-electron chi connectivity index (χ2n) is 0.913. The molecule has 0 fully saturated rings. The van der Waals surface area contributed by atoms with Crippen molar-refractivity contribution in [3.05, 3.63) is 0 Å². The molecule has 4 nitrogen and oxygen atoms in total. The van der Waals surface area contributed by atoms with Gasteiger partial charge in [-0.15, -0.1) is 0 Å². The van der Waals surface area contributed by atoms with Crippen LogP contribution in [0.25, 0.3) is 0 Å². The van der Waals surface area contributed by atoms with Gasteiger partial charge in [0.25, 0.3) is 0 Å². The van der Waals surface area contributed by atoms with E-state index in [1.165, 1.54) is 0 Å². The molecule has 0 heterocycles. The Labute approximate surface area is 56.8 Å². The molecule has 0 aliphatic rings. The van der Waals surface area contributed by atoms with Crippen LogP contribution in [0.1, 0.15) is 6.92 Å². The van der Waals surface area contributed by atoms with Crippen LogP contribution in [0.15, 0.2) is 0 Å². The number of primary amides is 1. The molecule has 1 amide bonds. The van der Waals surface area contributed by atoms with E-state index in [2.05, 4.69) is 10.5 Å². The fraction of sp³-hybridized carbons (Fsp3) is 0.333.